The Morgan fingerprint density at radius 2 is 1.60 bits per heavy atom. The topological polar surface area (TPSA) is 124 Å². The van der Waals surface area contributed by atoms with Crippen LogP contribution in [-0.4, -0.2) is 30.4 Å². The van der Waals surface area contributed by atoms with E-state index in [1.54, 1.807) is 0 Å². The average molecular weight is 627 g/mol. The molecule has 7 N–H and O–H groups in total. The Morgan fingerprint density at radius 3 is 2.31 bits per heavy atom. The SMILES string of the molecule is CC(C)CCC[C@@H](C)[C@H]1CC[C@H]2[C@@H]3CC=C4CC(C(=O)NC(=O)C(N)(CCCN)CCCCCCN)CC[C@]4(C)[C@H]3CC[C@]12C. The summed E-state index contributed by atoms with van der Waals surface area (Å²) in [5.74, 6) is 4.26. The van der Waals surface area contributed by atoms with Crippen LogP contribution in [0.1, 0.15) is 150 Å². The van der Waals surface area contributed by atoms with E-state index in [2.05, 4.69) is 46.0 Å². The van der Waals surface area contributed by atoms with Crippen molar-refractivity contribution in [2.75, 3.05) is 13.1 Å². The largest absolute Gasteiger partial charge is 0.330 e. The third-order valence-electron chi connectivity index (χ3n) is 13.8. The molecule has 0 bridgehead atoms. The lowest BCUT2D eigenvalue weighted by Gasteiger charge is -2.58. The predicted octanol–water partition coefficient (Wildman–Crippen LogP) is 7.63. The monoisotopic (exact) mass is 627 g/mol. The second-order valence-electron chi connectivity index (χ2n) is 17.0. The van der Waals surface area contributed by atoms with Gasteiger partial charge in [-0.15, -0.1) is 0 Å². The molecule has 0 radical (unpaired) electrons. The van der Waals surface area contributed by atoms with Crippen molar-refractivity contribution in [1.82, 2.24) is 5.32 Å². The lowest BCUT2D eigenvalue weighted by atomic mass is 9.46. The van der Waals surface area contributed by atoms with E-state index in [9.17, 15) is 9.59 Å². The number of hydrogen-bond donors (Lipinski definition) is 4. The van der Waals surface area contributed by atoms with Crippen molar-refractivity contribution in [3.8, 4) is 0 Å². The number of allylic oxidation sites excluding steroid dienone is 2. The van der Waals surface area contributed by atoms with Crippen molar-refractivity contribution in [3.05, 3.63) is 11.6 Å². The smallest absolute Gasteiger partial charge is 0.246 e. The zero-order valence-electron chi connectivity index (χ0n) is 29.8. The van der Waals surface area contributed by atoms with Crippen molar-refractivity contribution < 1.29 is 9.59 Å². The van der Waals surface area contributed by atoms with Crippen LogP contribution < -0.4 is 22.5 Å². The van der Waals surface area contributed by atoms with Gasteiger partial charge in [-0.2, -0.15) is 0 Å². The molecule has 6 heteroatoms. The van der Waals surface area contributed by atoms with Crippen molar-refractivity contribution in [3.63, 3.8) is 0 Å². The van der Waals surface area contributed by atoms with E-state index in [1.165, 1.54) is 56.9 Å². The van der Waals surface area contributed by atoms with Crippen LogP contribution in [0, 0.1) is 52.3 Å². The summed E-state index contributed by atoms with van der Waals surface area (Å²) in [6.45, 7) is 13.6. The maximum Gasteiger partial charge on any atom is 0.246 e. The second kappa shape index (κ2) is 15.8. The number of rotatable bonds is 16. The molecular weight excluding hydrogens is 556 g/mol. The van der Waals surface area contributed by atoms with E-state index in [0.29, 0.717) is 37.8 Å². The average Bonchev–Trinajstić information content (AvgIpc) is 3.36. The van der Waals surface area contributed by atoms with Gasteiger partial charge in [-0.3, -0.25) is 14.9 Å². The minimum absolute atomic E-state index is 0.128. The maximum absolute atomic E-state index is 13.6. The van der Waals surface area contributed by atoms with E-state index in [0.717, 1.165) is 80.5 Å². The standard InChI is InChI=1S/C39H70N4O2/c1-27(2)12-10-13-28(3)32-16-17-33-31-15-14-30-26-29(18-22-37(30,4)34(31)19-23-38(32,33)5)35(44)43-36(45)39(42,21-11-25-41)20-8-6-7-9-24-40/h14,27-29,31-34H,6-13,15-26,40-42H2,1-5H3,(H,43,44,45)/t28-,29?,31+,32-,33+,34+,37+,38-,39?/m1/s1. The highest BCUT2D eigenvalue weighted by Crippen LogP contribution is 2.67. The molecule has 0 saturated heterocycles. The minimum Gasteiger partial charge on any atom is -0.330 e. The number of nitrogens with one attached hydrogen (secondary N) is 1. The van der Waals surface area contributed by atoms with Gasteiger partial charge < -0.3 is 17.2 Å². The number of hydrogen-bond acceptors (Lipinski definition) is 5. The molecule has 2 unspecified atom stereocenters. The van der Waals surface area contributed by atoms with E-state index in [1.807, 2.05) is 0 Å². The van der Waals surface area contributed by atoms with Crippen LogP contribution >= 0.6 is 0 Å². The highest BCUT2D eigenvalue weighted by atomic mass is 16.2. The second-order valence-corrected chi connectivity index (χ2v) is 17.0. The first-order chi connectivity index (χ1) is 21.4. The molecule has 6 nitrogen and oxygen atoms in total. The molecule has 2 amide bonds. The predicted molar refractivity (Wildman–Crippen MR) is 187 cm³/mol. The zero-order valence-corrected chi connectivity index (χ0v) is 29.8. The third kappa shape index (κ3) is 8.08. The maximum atomic E-state index is 13.6. The number of imide groups is 1. The fourth-order valence-corrected chi connectivity index (χ4v) is 11.0. The first-order valence-corrected chi connectivity index (χ1v) is 19.1. The molecule has 0 aromatic heterocycles. The summed E-state index contributed by atoms with van der Waals surface area (Å²) in [4.78, 5) is 27.0. The summed E-state index contributed by atoms with van der Waals surface area (Å²) >= 11 is 0. The molecule has 0 aromatic rings. The minimum atomic E-state index is -1.04. The number of carbonyl (C=O) groups excluding carboxylic acids is 2. The van der Waals surface area contributed by atoms with Gasteiger partial charge in [0.25, 0.3) is 0 Å². The van der Waals surface area contributed by atoms with Gasteiger partial charge in [0.15, 0.2) is 0 Å². The Morgan fingerprint density at radius 1 is 0.889 bits per heavy atom. The summed E-state index contributed by atoms with van der Waals surface area (Å²) in [6, 6.07) is 0. The van der Waals surface area contributed by atoms with Gasteiger partial charge in [-0.1, -0.05) is 84.8 Å². The summed E-state index contributed by atoms with van der Waals surface area (Å²) in [5.41, 5.74) is 19.2. The van der Waals surface area contributed by atoms with Crippen LogP contribution in [0.25, 0.3) is 0 Å². The fraction of sp³-hybridized carbons (Fsp3) is 0.897. The number of unbranched alkanes of at least 4 members (excludes halogenated alkanes) is 3. The molecule has 4 rings (SSSR count). The van der Waals surface area contributed by atoms with Gasteiger partial charge in [-0.05, 0) is 136 Å². The Bertz CT molecular complexity index is 1030. The van der Waals surface area contributed by atoms with Crippen LogP contribution in [0.4, 0.5) is 0 Å². The molecule has 0 aliphatic heterocycles. The van der Waals surface area contributed by atoms with Gasteiger partial charge in [0.2, 0.25) is 11.8 Å². The quantitative estimate of drug-likeness (QED) is 0.104. The molecule has 4 aliphatic carbocycles. The molecule has 258 valence electrons. The zero-order chi connectivity index (χ0) is 32.8. The molecule has 4 aliphatic rings. The van der Waals surface area contributed by atoms with Crippen LogP contribution in [0.2, 0.25) is 0 Å². The Hall–Kier alpha value is -1.24. The number of amides is 2. The van der Waals surface area contributed by atoms with Crippen LogP contribution in [-0.2, 0) is 9.59 Å². The number of carbonyl (C=O) groups is 2. The first-order valence-electron chi connectivity index (χ1n) is 19.1. The molecule has 3 fully saturated rings. The Labute approximate surface area is 276 Å². The van der Waals surface area contributed by atoms with E-state index >= 15 is 0 Å². The summed E-state index contributed by atoms with van der Waals surface area (Å²) in [7, 11) is 0. The van der Waals surface area contributed by atoms with Gasteiger partial charge in [0.05, 0.1) is 5.54 Å². The van der Waals surface area contributed by atoms with E-state index in [4.69, 9.17) is 17.2 Å². The van der Waals surface area contributed by atoms with Crippen LogP contribution in [0.15, 0.2) is 11.6 Å². The molecule has 0 spiro atoms. The lowest BCUT2D eigenvalue weighted by molar-refractivity contribution is -0.137. The van der Waals surface area contributed by atoms with Crippen molar-refractivity contribution in [2.24, 2.45) is 69.5 Å². The van der Waals surface area contributed by atoms with Crippen molar-refractivity contribution in [1.29, 1.82) is 0 Å². The van der Waals surface area contributed by atoms with Gasteiger partial charge in [-0.25, -0.2) is 0 Å². The van der Waals surface area contributed by atoms with E-state index in [-0.39, 0.29) is 23.1 Å². The molecule has 0 aromatic carbocycles. The highest BCUT2D eigenvalue weighted by molar-refractivity contribution is 6.00. The number of nitrogens with two attached hydrogens (primary N) is 3. The normalized spacial score (nSPS) is 34.7. The van der Waals surface area contributed by atoms with Gasteiger partial charge >= 0.3 is 0 Å². The number of fused-ring (bicyclic) bond motifs is 5. The summed E-state index contributed by atoms with van der Waals surface area (Å²) in [6.07, 6.45) is 21.7. The van der Waals surface area contributed by atoms with Crippen LogP contribution in [0.3, 0.4) is 0 Å². The highest BCUT2D eigenvalue weighted by Gasteiger charge is 2.59. The molecule has 3 saturated carbocycles. The van der Waals surface area contributed by atoms with Crippen LogP contribution in [0.5, 0.6) is 0 Å². The Balaban J connectivity index is 1.37. The van der Waals surface area contributed by atoms with Gasteiger partial charge in [0, 0.05) is 5.92 Å². The van der Waals surface area contributed by atoms with Crippen molar-refractivity contribution in [2.45, 2.75) is 156 Å². The van der Waals surface area contributed by atoms with Gasteiger partial charge in [0.1, 0.15) is 0 Å². The first kappa shape index (κ1) is 36.6. The summed E-state index contributed by atoms with van der Waals surface area (Å²) in [5, 5.41) is 2.80. The fourth-order valence-electron chi connectivity index (χ4n) is 11.0. The summed E-state index contributed by atoms with van der Waals surface area (Å²) < 4.78 is 0. The molecule has 0 heterocycles. The molecule has 9 atom stereocenters. The lowest BCUT2D eigenvalue weighted by Crippen LogP contribution is -2.57. The van der Waals surface area contributed by atoms with Crippen molar-refractivity contribution >= 4 is 11.8 Å². The third-order valence-corrected chi connectivity index (χ3v) is 13.8. The van der Waals surface area contributed by atoms with E-state index < -0.39 is 5.54 Å². The molecule has 45 heavy (non-hydrogen) atoms. The Kier molecular flexibility index (Phi) is 12.8. The molecular formula is C39H70N4O2.